The van der Waals surface area contributed by atoms with Crippen LogP contribution in [0, 0.1) is 12.7 Å². The van der Waals surface area contributed by atoms with Gasteiger partial charge in [-0.1, -0.05) is 18.6 Å². The molecule has 278 valence electrons. The zero-order valence-corrected chi connectivity index (χ0v) is 31.3. The first-order valence-electron chi connectivity index (χ1n) is 19.1. The quantitative estimate of drug-likeness (QED) is 0.225. The minimum atomic E-state index is -0.665. The summed E-state index contributed by atoms with van der Waals surface area (Å²) in [5.74, 6) is -0.192. The van der Waals surface area contributed by atoms with Gasteiger partial charge in [-0.25, -0.2) is 14.4 Å². The summed E-state index contributed by atoms with van der Waals surface area (Å²) in [6, 6.07) is 11.7. The molecule has 2 aromatic heterocycles. The molecule has 5 heterocycles. The topological polar surface area (TPSA) is 116 Å². The highest BCUT2D eigenvalue weighted by molar-refractivity contribution is 6.09. The molecule has 2 aromatic carbocycles. The van der Waals surface area contributed by atoms with Gasteiger partial charge in [0, 0.05) is 62.0 Å². The molecule has 0 radical (unpaired) electrons. The molecule has 53 heavy (non-hydrogen) atoms. The van der Waals surface area contributed by atoms with Crippen LogP contribution in [0.1, 0.15) is 93.2 Å². The number of hydrogen-bond donors (Lipinski definition) is 2. The largest absolute Gasteiger partial charge is 0.355 e. The normalized spacial score (nSPS) is 21.3. The van der Waals surface area contributed by atoms with Crippen molar-refractivity contribution in [1.82, 2.24) is 29.7 Å². The van der Waals surface area contributed by atoms with Crippen LogP contribution in [0.3, 0.4) is 0 Å². The van der Waals surface area contributed by atoms with Crippen LogP contribution >= 0.6 is 0 Å². The SMILES string of the molecule is CNC(=O)c1cc(Nc2nc(-c3ccc4c(c3)N([C@H]3C[C@@H](N5CCCCC5)C3)C(=O)C43CCN(C(C)=O)CC3)cc3ncn(C(C)C)c23)c(F)cc1C. The van der Waals surface area contributed by atoms with Crippen molar-refractivity contribution in [2.45, 2.75) is 96.2 Å². The van der Waals surface area contributed by atoms with Gasteiger partial charge in [-0.3, -0.25) is 14.4 Å². The van der Waals surface area contributed by atoms with E-state index in [1.54, 1.807) is 27.2 Å². The van der Waals surface area contributed by atoms with Gasteiger partial charge in [-0.15, -0.1) is 0 Å². The molecule has 3 amide bonds. The molecular weight excluding hydrogens is 672 g/mol. The fourth-order valence-corrected chi connectivity index (χ4v) is 9.11. The molecule has 1 aliphatic carbocycles. The number of pyridine rings is 1. The maximum absolute atomic E-state index is 15.5. The summed E-state index contributed by atoms with van der Waals surface area (Å²) in [5.41, 5.74) is 5.19. The lowest BCUT2D eigenvalue weighted by Crippen LogP contribution is -2.58. The highest BCUT2D eigenvalue weighted by Crippen LogP contribution is 2.52. The number of amides is 3. The Hall–Kier alpha value is -4.84. The Bertz CT molecular complexity index is 2110. The number of likely N-dealkylation sites (tertiary alicyclic amines) is 2. The Kier molecular flexibility index (Phi) is 8.99. The molecule has 3 aliphatic heterocycles. The number of aromatic nitrogens is 3. The van der Waals surface area contributed by atoms with Gasteiger partial charge in [0.25, 0.3) is 5.91 Å². The predicted octanol–water partition coefficient (Wildman–Crippen LogP) is 6.47. The first-order valence-corrected chi connectivity index (χ1v) is 19.1. The van der Waals surface area contributed by atoms with Crippen LogP contribution in [-0.4, -0.2) is 87.4 Å². The Morgan fingerprint density at radius 1 is 0.981 bits per heavy atom. The number of rotatable bonds is 7. The minimum Gasteiger partial charge on any atom is -0.355 e. The smallest absolute Gasteiger partial charge is 0.251 e. The van der Waals surface area contributed by atoms with Gasteiger partial charge in [-0.05, 0) is 108 Å². The number of halogens is 1. The number of fused-ring (bicyclic) bond motifs is 3. The van der Waals surface area contributed by atoms with Crippen LogP contribution in [0.15, 0.2) is 42.7 Å². The number of imidazole rings is 1. The van der Waals surface area contributed by atoms with Crippen molar-refractivity contribution in [1.29, 1.82) is 0 Å². The van der Waals surface area contributed by atoms with Crippen LogP contribution in [0.25, 0.3) is 22.3 Å². The lowest BCUT2D eigenvalue weighted by atomic mass is 9.73. The van der Waals surface area contributed by atoms with Gasteiger partial charge in [0.2, 0.25) is 11.8 Å². The summed E-state index contributed by atoms with van der Waals surface area (Å²) in [7, 11) is 1.55. The number of carbonyl (C=O) groups excluding carboxylic acids is 3. The predicted molar refractivity (Wildman–Crippen MR) is 204 cm³/mol. The monoisotopic (exact) mass is 720 g/mol. The summed E-state index contributed by atoms with van der Waals surface area (Å²) in [6.07, 6.45) is 8.64. The lowest BCUT2D eigenvalue weighted by molar-refractivity contribution is -0.134. The average molecular weight is 721 g/mol. The van der Waals surface area contributed by atoms with Crippen molar-refractivity contribution < 1.29 is 18.8 Å². The molecule has 12 heteroatoms. The molecule has 1 saturated carbocycles. The number of carbonyl (C=O) groups is 3. The van der Waals surface area contributed by atoms with E-state index < -0.39 is 11.2 Å². The summed E-state index contributed by atoms with van der Waals surface area (Å²) >= 11 is 0. The standard InChI is InChI=1S/C41H49FN8O3/c1-24(2)49-23-44-35-22-33(45-38(37(35)49)46-34-21-30(39(52)43-5)25(3)17-32(34)42)27-9-10-31-36(18-27)50(29-19-28(20-29)48-13-7-6-8-14-48)40(53)41(31)11-15-47(16-12-41)26(4)51/h9-10,17-18,21-24,28-29H,6-8,11-16,19-20H2,1-5H3,(H,43,52)(H,45,46)/t28-,29+. The first kappa shape index (κ1) is 35.2. The van der Waals surface area contributed by atoms with E-state index in [2.05, 4.69) is 32.6 Å². The van der Waals surface area contributed by atoms with Gasteiger partial charge in [0.1, 0.15) is 11.3 Å². The number of hydrogen-bond acceptors (Lipinski definition) is 7. The Morgan fingerprint density at radius 2 is 1.72 bits per heavy atom. The number of benzene rings is 2. The highest BCUT2D eigenvalue weighted by atomic mass is 19.1. The van der Waals surface area contributed by atoms with E-state index in [1.165, 1.54) is 31.4 Å². The fraction of sp³-hybridized carbons (Fsp3) is 0.488. The van der Waals surface area contributed by atoms with Crippen molar-refractivity contribution >= 4 is 45.9 Å². The number of nitrogens with one attached hydrogen (secondary N) is 2. The van der Waals surface area contributed by atoms with Gasteiger partial charge in [0.15, 0.2) is 5.82 Å². The number of aryl methyl sites for hydroxylation is 1. The maximum Gasteiger partial charge on any atom is 0.251 e. The first-order chi connectivity index (χ1) is 25.5. The molecule has 1 spiro atoms. The second-order valence-corrected chi connectivity index (χ2v) is 15.7. The maximum atomic E-state index is 15.5. The Balaban J connectivity index is 1.20. The molecule has 4 aliphatic rings. The molecule has 8 rings (SSSR count). The zero-order chi connectivity index (χ0) is 37.2. The van der Waals surface area contributed by atoms with E-state index in [4.69, 9.17) is 9.97 Å². The molecule has 0 bridgehead atoms. The third-order valence-electron chi connectivity index (χ3n) is 12.3. The Labute approximate surface area is 309 Å². The van der Waals surface area contributed by atoms with Crippen molar-refractivity contribution in [3.05, 3.63) is 65.2 Å². The molecule has 4 aromatic rings. The summed E-state index contributed by atoms with van der Waals surface area (Å²) in [5, 5.41) is 5.86. The van der Waals surface area contributed by atoms with Gasteiger partial charge < -0.3 is 29.9 Å². The van der Waals surface area contributed by atoms with Crippen molar-refractivity contribution in [3.8, 4) is 11.3 Å². The van der Waals surface area contributed by atoms with Crippen LogP contribution < -0.4 is 15.5 Å². The van der Waals surface area contributed by atoms with E-state index >= 15 is 4.39 Å². The van der Waals surface area contributed by atoms with Crippen molar-refractivity contribution in [3.63, 3.8) is 0 Å². The van der Waals surface area contributed by atoms with Crippen LogP contribution in [0.5, 0.6) is 0 Å². The molecule has 0 unspecified atom stereocenters. The van der Waals surface area contributed by atoms with Crippen LogP contribution in [0.4, 0.5) is 21.6 Å². The highest BCUT2D eigenvalue weighted by Gasteiger charge is 2.55. The molecule has 3 fully saturated rings. The van der Waals surface area contributed by atoms with Crippen LogP contribution in [0.2, 0.25) is 0 Å². The Morgan fingerprint density at radius 3 is 2.40 bits per heavy atom. The number of piperidine rings is 2. The van der Waals surface area contributed by atoms with Gasteiger partial charge in [0.05, 0.1) is 28.6 Å². The van der Waals surface area contributed by atoms with Gasteiger partial charge in [-0.2, -0.15) is 0 Å². The molecule has 0 atom stereocenters. The zero-order valence-electron chi connectivity index (χ0n) is 31.3. The second-order valence-electron chi connectivity index (χ2n) is 15.7. The molecule has 2 saturated heterocycles. The van der Waals surface area contributed by atoms with Crippen LogP contribution in [-0.2, 0) is 15.0 Å². The van der Waals surface area contributed by atoms with E-state index in [0.717, 1.165) is 48.3 Å². The van der Waals surface area contributed by atoms with E-state index in [0.29, 0.717) is 60.1 Å². The summed E-state index contributed by atoms with van der Waals surface area (Å²) in [6.45, 7) is 10.8. The third-order valence-corrected chi connectivity index (χ3v) is 12.3. The lowest BCUT2D eigenvalue weighted by Gasteiger charge is -2.48. The van der Waals surface area contributed by atoms with Gasteiger partial charge >= 0.3 is 0 Å². The fourth-order valence-electron chi connectivity index (χ4n) is 9.11. The average Bonchev–Trinajstić information content (AvgIpc) is 3.67. The number of anilines is 3. The van der Waals surface area contributed by atoms with E-state index in [-0.39, 0.29) is 35.5 Å². The molecule has 11 nitrogen and oxygen atoms in total. The summed E-state index contributed by atoms with van der Waals surface area (Å²) in [4.78, 5) is 56.0. The molecular formula is C41H49FN8O3. The molecule has 2 N–H and O–H groups in total. The second kappa shape index (κ2) is 13.5. The number of nitrogens with zero attached hydrogens (tertiary/aromatic N) is 6. The van der Waals surface area contributed by atoms with Crippen molar-refractivity contribution in [2.75, 3.05) is 43.4 Å². The minimum absolute atomic E-state index is 0.0438. The summed E-state index contributed by atoms with van der Waals surface area (Å²) < 4.78 is 17.5. The third kappa shape index (κ3) is 5.95. The van der Waals surface area contributed by atoms with E-state index in [1.807, 2.05) is 35.4 Å². The van der Waals surface area contributed by atoms with E-state index in [9.17, 15) is 14.4 Å². The van der Waals surface area contributed by atoms with Crippen molar-refractivity contribution in [2.24, 2.45) is 0 Å².